The summed E-state index contributed by atoms with van der Waals surface area (Å²) in [4.78, 5) is 0. The van der Waals surface area contributed by atoms with Gasteiger partial charge in [-0.1, -0.05) is 6.92 Å². The molecule has 13 heavy (non-hydrogen) atoms. The molecule has 0 aromatic heterocycles. The highest BCUT2D eigenvalue weighted by molar-refractivity contribution is 4.52. The summed E-state index contributed by atoms with van der Waals surface area (Å²) in [6.45, 7) is 12.2. The lowest BCUT2D eigenvalue weighted by Crippen LogP contribution is -2.14. The minimum absolute atomic E-state index is 0.341. The molecule has 2 heteroatoms. The molecule has 0 saturated heterocycles. The van der Waals surface area contributed by atoms with Gasteiger partial charge in [0.25, 0.3) is 0 Å². The zero-order valence-corrected chi connectivity index (χ0v) is 9.67. The summed E-state index contributed by atoms with van der Waals surface area (Å²) >= 11 is 0. The van der Waals surface area contributed by atoms with Gasteiger partial charge in [-0.2, -0.15) is 0 Å². The zero-order chi connectivity index (χ0) is 10.3. The van der Waals surface area contributed by atoms with Gasteiger partial charge in [-0.05, 0) is 40.0 Å². The monoisotopic (exact) mass is 188 g/mol. The molecule has 0 fully saturated rings. The SMILES string of the molecule is CC(CCOC(C)C)COC(C)C. The first-order valence-electron chi connectivity index (χ1n) is 5.25. The second kappa shape index (κ2) is 7.34. The maximum atomic E-state index is 5.51. The molecule has 2 nitrogen and oxygen atoms in total. The Kier molecular flexibility index (Phi) is 7.29. The van der Waals surface area contributed by atoms with Crippen molar-refractivity contribution in [2.24, 2.45) is 5.92 Å². The summed E-state index contributed by atoms with van der Waals surface area (Å²) in [6.07, 6.45) is 1.77. The van der Waals surface area contributed by atoms with Crippen molar-refractivity contribution in [2.45, 2.75) is 53.2 Å². The molecule has 1 unspecified atom stereocenters. The van der Waals surface area contributed by atoms with Crippen LogP contribution in [0.15, 0.2) is 0 Å². The minimum atomic E-state index is 0.341. The molecule has 80 valence electrons. The Balaban J connectivity index is 3.25. The average molecular weight is 188 g/mol. The van der Waals surface area contributed by atoms with E-state index >= 15 is 0 Å². The lowest BCUT2D eigenvalue weighted by atomic mass is 10.1. The van der Waals surface area contributed by atoms with Crippen molar-refractivity contribution in [1.29, 1.82) is 0 Å². The summed E-state index contributed by atoms with van der Waals surface area (Å²) in [6, 6.07) is 0. The predicted molar refractivity (Wildman–Crippen MR) is 56.0 cm³/mol. The minimum Gasteiger partial charge on any atom is -0.379 e. The van der Waals surface area contributed by atoms with E-state index in [9.17, 15) is 0 Å². The lowest BCUT2D eigenvalue weighted by molar-refractivity contribution is 0.0302. The number of ether oxygens (including phenoxy) is 2. The molecular formula is C11H24O2. The maximum absolute atomic E-state index is 5.51. The molecule has 0 aromatic rings. The van der Waals surface area contributed by atoms with Crippen LogP contribution in [0.3, 0.4) is 0 Å². The number of rotatable bonds is 7. The fourth-order valence-electron chi connectivity index (χ4n) is 0.945. The average Bonchev–Trinajstić information content (AvgIpc) is 2.00. The number of hydrogen-bond acceptors (Lipinski definition) is 2. The van der Waals surface area contributed by atoms with Crippen molar-refractivity contribution in [1.82, 2.24) is 0 Å². The molecule has 0 amide bonds. The first-order valence-corrected chi connectivity index (χ1v) is 5.25. The quantitative estimate of drug-likeness (QED) is 0.611. The van der Waals surface area contributed by atoms with Crippen molar-refractivity contribution < 1.29 is 9.47 Å². The van der Waals surface area contributed by atoms with Crippen molar-refractivity contribution in [2.75, 3.05) is 13.2 Å². The standard InChI is InChI=1S/C11H24O2/c1-9(2)12-7-6-11(5)8-13-10(3)4/h9-11H,6-8H2,1-5H3. The van der Waals surface area contributed by atoms with E-state index < -0.39 is 0 Å². The second-order valence-electron chi connectivity index (χ2n) is 4.20. The molecule has 0 N–H and O–H groups in total. The molecule has 0 radical (unpaired) electrons. The van der Waals surface area contributed by atoms with Crippen molar-refractivity contribution >= 4 is 0 Å². The fraction of sp³-hybridized carbons (Fsp3) is 1.00. The Morgan fingerprint density at radius 2 is 1.38 bits per heavy atom. The summed E-state index contributed by atoms with van der Waals surface area (Å²) in [5, 5.41) is 0. The van der Waals surface area contributed by atoms with Crippen LogP contribution in [0.2, 0.25) is 0 Å². The smallest absolute Gasteiger partial charge is 0.0519 e. The third-order valence-corrected chi connectivity index (χ3v) is 1.78. The van der Waals surface area contributed by atoms with E-state index in [2.05, 4.69) is 34.6 Å². The first kappa shape index (κ1) is 12.9. The van der Waals surface area contributed by atoms with Gasteiger partial charge in [0, 0.05) is 13.2 Å². The highest BCUT2D eigenvalue weighted by Crippen LogP contribution is 2.05. The lowest BCUT2D eigenvalue weighted by Gasteiger charge is -2.15. The third-order valence-electron chi connectivity index (χ3n) is 1.78. The van der Waals surface area contributed by atoms with Crippen LogP contribution in [-0.2, 0) is 9.47 Å². The first-order chi connectivity index (χ1) is 6.02. The zero-order valence-electron chi connectivity index (χ0n) is 9.67. The fourth-order valence-corrected chi connectivity index (χ4v) is 0.945. The Morgan fingerprint density at radius 3 is 1.85 bits per heavy atom. The van der Waals surface area contributed by atoms with Gasteiger partial charge in [0.1, 0.15) is 0 Å². The Bertz CT molecular complexity index is 111. The maximum Gasteiger partial charge on any atom is 0.0519 e. The van der Waals surface area contributed by atoms with Gasteiger partial charge in [0.05, 0.1) is 12.2 Å². The summed E-state index contributed by atoms with van der Waals surface area (Å²) < 4.78 is 11.0. The van der Waals surface area contributed by atoms with E-state index in [0.717, 1.165) is 19.6 Å². The predicted octanol–water partition coefficient (Wildman–Crippen LogP) is 2.86. The van der Waals surface area contributed by atoms with Gasteiger partial charge in [-0.15, -0.1) is 0 Å². The van der Waals surface area contributed by atoms with Crippen molar-refractivity contribution in [3.8, 4) is 0 Å². The van der Waals surface area contributed by atoms with Crippen LogP contribution in [-0.4, -0.2) is 25.4 Å². The van der Waals surface area contributed by atoms with E-state index in [1.807, 2.05) is 0 Å². The highest BCUT2D eigenvalue weighted by atomic mass is 16.5. The van der Waals surface area contributed by atoms with Gasteiger partial charge < -0.3 is 9.47 Å². The summed E-state index contributed by atoms with van der Waals surface area (Å²) in [7, 11) is 0. The molecular weight excluding hydrogens is 164 g/mol. The molecule has 0 aliphatic carbocycles. The summed E-state index contributed by atoms with van der Waals surface area (Å²) in [5.41, 5.74) is 0. The van der Waals surface area contributed by atoms with Gasteiger partial charge in [0.2, 0.25) is 0 Å². The van der Waals surface area contributed by atoms with Crippen LogP contribution in [0.25, 0.3) is 0 Å². The Hall–Kier alpha value is -0.0800. The second-order valence-corrected chi connectivity index (χ2v) is 4.20. The van der Waals surface area contributed by atoms with Crippen LogP contribution in [0, 0.1) is 5.92 Å². The van der Waals surface area contributed by atoms with E-state index in [0.29, 0.717) is 18.1 Å². The van der Waals surface area contributed by atoms with E-state index in [-0.39, 0.29) is 0 Å². The van der Waals surface area contributed by atoms with E-state index in [1.54, 1.807) is 0 Å². The van der Waals surface area contributed by atoms with Crippen LogP contribution in [0.1, 0.15) is 41.0 Å². The topological polar surface area (TPSA) is 18.5 Å². The van der Waals surface area contributed by atoms with Gasteiger partial charge in [-0.25, -0.2) is 0 Å². The normalized spacial score (nSPS) is 14.1. The third kappa shape index (κ3) is 9.84. The van der Waals surface area contributed by atoms with Gasteiger partial charge in [-0.3, -0.25) is 0 Å². The van der Waals surface area contributed by atoms with E-state index in [1.165, 1.54) is 0 Å². The van der Waals surface area contributed by atoms with Crippen LogP contribution >= 0.6 is 0 Å². The number of hydrogen-bond donors (Lipinski definition) is 0. The van der Waals surface area contributed by atoms with Crippen molar-refractivity contribution in [3.05, 3.63) is 0 Å². The van der Waals surface area contributed by atoms with Crippen molar-refractivity contribution in [3.63, 3.8) is 0 Å². The van der Waals surface area contributed by atoms with Gasteiger partial charge >= 0.3 is 0 Å². The van der Waals surface area contributed by atoms with Crippen LogP contribution in [0.4, 0.5) is 0 Å². The molecule has 0 aliphatic heterocycles. The van der Waals surface area contributed by atoms with E-state index in [4.69, 9.17) is 9.47 Å². The molecule has 0 aliphatic rings. The molecule has 0 heterocycles. The Labute approximate surface area is 82.6 Å². The molecule has 0 bridgehead atoms. The van der Waals surface area contributed by atoms with Crippen LogP contribution < -0.4 is 0 Å². The van der Waals surface area contributed by atoms with Gasteiger partial charge in [0.15, 0.2) is 0 Å². The Morgan fingerprint density at radius 1 is 0.846 bits per heavy atom. The highest BCUT2D eigenvalue weighted by Gasteiger charge is 2.04. The molecule has 0 rings (SSSR count). The summed E-state index contributed by atoms with van der Waals surface area (Å²) in [5.74, 6) is 0.598. The molecule has 0 spiro atoms. The molecule has 0 saturated carbocycles. The molecule has 0 aromatic carbocycles. The molecule has 1 atom stereocenters. The largest absolute Gasteiger partial charge is 0.379 e. The van der Waals surface area contributed by atoms with Crippen LogP contribution in [0.5, 0.6) is 0 Å².